The Bertz CT molecular complexity index is 825. The first-order valence-electron chi connectivity index (χ1n) is 7.82. The van der Waals surface area contributed by atoms with Gasteiger partial charge in [-0.2, -0.15) is 0 Å². The second-order valence-corrected chi connectivity index (χ2v) is 6.04. The molecule has 0 nitrogen and oxygen atoms in total. The van der Waals surface area contributed by atoms with Crippen molar-refractivity contribution in [1.29, 1.82) is 0 Å². The molecule has 110 valence electrons. The van der Waals surface area contributed by atoms with Crippen molar-refractivity contribution in [2.24, 2.45) is 0 Å². The van der Waals surface area contributed by atoms with Crippen molar-refractivity contribution in [3.05, 3.63) is 82.9 Å². The number of rotatable bonds is 2. The third kappa shape index (κ3) is 2.46. The van der Waals surface area contributed by atoms with E-state index in [1.54, 1.807) is 0 Å². The maximum Gasteiger partial charge on any atom is -0.0146 e. The van der Waals surface area contributed by atoms with Gasteiger partial charge in [0.05, 0.1) is 0 Å². The van der Waals surface area contributed by atoms with Crippen molar-refractivity contribution >= 4 is 0 Å². The Morgan fingerprint density at radius 1 is 0.409 bits per heavy atom. The van der Waals surface area contributed by atoms with E-state index in [2.05, 4.69) is 88.4 Å². The molecule has 0 aromatic heterocycles. The first-order valence-corrected chi connectivity index (χ1v) is 7.82. The summed E-state index contributed by atoms with van der Waals surface area (Å²) in [6, 6.07) is 21.8. The lowest BCUT2D eigenvalue weighted by Crippen LogP contribution is -1.93. The molecule has 0 aliphatic carbocycles. The van der Waals surface area contributed by atoms with E-state index in [1.807, 2.05) is 0 Å². The van der Waals surface area contributed by atoms with Gasteiger partial charge in [-0.15, -0.1) is 0 Å². The molecule has 0 radical (unpaired) electrons. The quantitative estimate of drug-likeness (QED) is 0.522. The Morgan fingerprint density at radius 3 is 1.55 bits per heavy atom. The van der Waals surface area contributed by atoms with Crippen molar-refractivity contribution in [3.63, 3.8) is 0 Å². The Morgan fingerprint density at radius 2 is 0.864 bits per heavy atom. The highest BCUT2D eigenvalue weighted by Gasteiger charge is 2.11. The van der Waals surface area contributed by atoms with Crippen LogP contribution in [0.25, 0.3) is 22.3 Å². The van der Waals surface area contributed by atoms with Gasteiger partial charge in [-0.3, -0.25) is 0 Å². The predicted molar refractivity (Wildman–Crippen MR) is 96.3 cm³/mol. The van der Waals surface area contributed by atoms with Crippen molar-refractivity contribution in [2.45, 2.75) is 27.7 Å². The second-order valence-electron chi connectivity index (χ2n) is 6.04. The smallest absolute Gasteiger partial charge is 0.0146 e. The Hall–Kier alpha value is -2.34. The highest BCUT2D eigenvalue weighted by molar-refractivity contribution is 5.81. The summed E-state index contributed by atoms with van der Waals surface area (Å²) in [5.41, 5.74) is 10.7. The van der Waals surface area contributed by atoms with E-state index >= 15 is 0 Å². The van der Waals surface area contributed by atoms with Gasteiger partial charge in [0.25, 0.3) is 0 Å². The minimum Gasteiger partial charge on any atom is -0.0620 e. The van der Waals surface area contributed by atoms with Crippen LogP contribution in [-0.4, -0.2) is 0 Å². The topological polar surface area (TPSA) is 0 Å². The van der Waals surface area contributed by atoms with E-state index in [-0.39, 0.29) is 0 Å². The lowest BCUT2D eigenvalue weighted by atomic mass is 9.88. The summed E-state index contributed by atoms with van der Waals surface area (Å²) in [4.78, 5) is 0. The van der Waals surface area contributed by atoms with Crippen LogP contribution in [0, 0.1) is 27.7 Å². The first-order chi connectivity index (χ1) is 10.6. The van der Waals surface area contributed by atoms with E-state index in [9.17, 15) is 0 Å². The van der Waals surface area contributed by atoms with Crippen LogP contribution < -0.4 is 0 Å². The van der Waals surface area contributed by atoms with Crippen molar-refractivity contribution < 1.29 is 0 Å². The van der Waals surface area contributed by atoms with Crippen molar-refractivity contribution in [3.8, 4) is 22.3 Å². The second kappa shape index (κ2) is 5.81. The molecular weight excluding hydrogens is 264 g/mol. The number of hydrogen-bond acceptors (Lipinski definition) is 0. The molecule has 0 fully saturated rings. The van der Waals surface area contributed by atoms with E-state index in [1.165, 1.54) is 44.5 Å². The zero-order chi connectivity index (χ0) is 15.7. The fourth-order valence-corrected chi connectivity index (χ4v) is 3.14. The van der Waals surface area contributed by atoms with Crippen LogP contribution in [0.2, 0.25) is 0 Å². The zero-order valence-electron chi connectivity index (χ0n) is 13.8. The van der Waals surface area contributed by atoms with Gasteiger partial charge in [0.2, 0.25) is 0 Å². The van der Waals surface area contributed by atoms with Crippen LogP contribution in [0.1, 0.15) is 22.3 Å². The molecule has 0 atom stereocenters. The molecule has 0 aliphatic rings. The molecule has 0 heteroatoms. The van der Waals surface area contributed by atoms with Gasteiger partial charge in [0.15, 0.2) is 0 Å². The molecule has 0 N–H and O–H groups in total. The predicted octanol–water partition coefficient (Wildman–Crippen LogP) is 6.25. The SMILES string of the molecule is Cc1ccccc1-c1cccc(-c2cccc(C)c2C)c1C. The molecule has 0 saturated heterocycles. The van der Waals surface area contributed by atoms with E-state index in [0.29, 0.717) is 0 Å². The molecular formula is C22H22. The maximum atomic E-state index is 2.24. The van der Waals surface area contributed by atoms with Crippen LogP contribution in [0.3, 0.4) is 0 Å². The standard InChI is InChI=1S/C22H22/c1-15-10-7-12-20(17(15)3)22-14-8-13-21(18(22)4)19-11-6-5-9-16(19)2/h5-14H,1-4H3. The highest BCUT2D eigenvalue weighted by Crippen LogP contribution is 2.35. The zero-order valence-corrected chi connectivity index (χ0v) is 13.8. The summed E-state index contributed by atoms with van der Waals surface area (Å²) in [6.07, 6.45) is 0. The third-order valence-electron chi connectivity index (χ3n) is 4.66. The molecule has 0 spiro atoms. The van der Waals surface area contributed by atoms with E-state index in [0.717, 1.165) is 0 Å². The minimum absolute atomic E-state index is 1.32. The van der Waals surface area contributed by atoms with Gasteiger partial charge in [0.1, 0.15) is 0 Å². The molecule has 0 saturated carbocycles. The minimum atomic E-state index is 1.32. The lowest BCUT2D eigenvalue weighted by Gasteiger charge is -2.16. The largest absolute Gasteiger partial charge is 0.0620 e. The van der Waals surface area contributed by atoms with Gasteiger partial charge >= 0.3 is 0 Å². The Kier molecular flexibility index (Phi) is 3.85. The average Bonchev–Trinajstić information content (AvgIpc) is 2.52. The fraction of sp³-hybridized carbons (Fsp3) is 0.182. The van der Waals surface area contributed by atoms with Gasteiger partial charge in [0, 0.05) is 0 Å². The molecule has 0 heterocycles. The molecule has 0 aliphatic heterocycles. The fourth-order valence-electron chi connectivity index (χ4n) is 3.14. The summed E-state index contributed by atoms with van der Waals surface area (Å²) >= 11 is 0. The Balaban J connectivity index is 2.23. The summed E-state index contributed by atoms with van der Waals surface area (Å²) < 4.78 is 0. The lowest BCUT2D eigenvalue weighted by molar-refractivity contribution is 1.32. The highest BCUT2D eigenvalue weighted by atomic mass is 14.2. The third-order valence-corrected chi connectivity index (χ3v) is 4.66. The van der Waals surface area contributed by atoms with E-state index < -0.39 is 0 Å². The van der Waals surface area contributed by atoms with Crippen LogP contribution in [0.15, 0.2) is 60.7 Å². The number of hydrogen-bond donors (Lipinski definition) is 0. The van der Waals surface area contributed by atoms with Gasteiger partial charge < -0.3 is 0 Å². The Labute approximate surface area is 133 Å². The van der Waals surface area contributed by atoms with Crippen molar-refractivity contribution in [2.75, 3.05) is 0 Å². The average molecular weight is 286 g/mol. The molecule has 3 aromatic carbocycles. The first kappa shape index (κ1) is 14.6. The van der Waals surface area contributed by atoms with Crippen LogP contribution in [0.5, 0.6) is 0 Å². The summed E-state index contributed by atoms with van der Waals surface area (Å²) in [5, 5.41) is 0. The summed E-state index contributed by atoms with van der Waals surface area (Å²) in [5.74, 6) is 0. The monoisotopic (exact) mass is 286 g/mol. The molecule has 0 unspecified atom stereocenters. The van der Waals surface area contributed by atoms with Gasteiger partial charge in [-0.1, -0.05) is 60.7 Å². The van der Waals surface area contributed by atoms with Crippen molar-refractivity contribution in [1.82, 2.24) is 0 Å². The van der Waals surface area contributed by atoms with Crippen LogP contribution in [-0.2, 0) is 0 Å². The molecule has 0 bridgehead atoms. The van der Waals surface area contributed by atoms with Crippen LogP contribution >= 0.6 is 0 Å². The molecule has 3 rings (SSSR count). The van der Waals surface area contributed by atoms with E-state index in [4.69, 9.17) is 0 Å². The molecule has 22 heavy (non-hydrogen) atoms. The van der Waals surface area contributed by atoms with Crippen LogP contribution in [0.4, 0.5) is 0 Å². The van der Waals surface area contributed by atoms with Gasteiger partial charge in [-0.05, 0) is 72.2 Å². The normalized spacial score (nSPS) is 10.7. The molecule has 3 aromatic rings. The van der Waals surface area contributed by atoms with Gasteiger partial charge in [-0.25, -0.2) is 0 Å². The molecule has 0 amide bonds. The maximum absolute atomic E-state index is 2.24. The summed E-state index contributed by atoms with van der Waals surface area (Å²) in [6.45, 7) is 8.81. The number of benzene rings is 3. The number of aryl methyl sites for hydroxylation is 2. The summed E-state index contributed by atoms with van der Waals surface area (Å²) in [7, 11) is 0.